The first kappa shape index (κ1) is 13.5. The summed E-state index contributed by atoms with van der Waals surface area (Å²) in [5.74, 6) is -0.924. The molecular formula is C15H20O6. The first-order valence-electron chi connectivity index (χ1n) is 7.39. The van der Waals surface area contributed by atoms with Crippen molar-refractivity contribution in [2.75, 3.05) is 6.61 Å². The summed E-state index contributed by atoms with van der Waals surface area (Å²) in [6.45, 7) is 5.24. The number of rotatable bonds is 0. The van der Waals surface area contributed by atoms with Crippen LogP contribution in [0.3, 0.4) is 0 Å². The van der Waals surface area contributed by atoms with Gasteiger partial charge in [0, 0.05) is 5.41 Å². The predicted octanol–water partition coefficient (Wildman–Crippen LogP) is 0.147. The Bertz CT molecular complexity index is 589. The number of aliphatic hydroxyl groups is 2. The molecule has 4 unspecified atom stereocenters. The number of esters is 2. The largest absolute Gasteiger partial charge is 0.464 e. The quantitative estimate of drug-likeness (QED) is 0.618. The molecule has 0 aromatic heterocycles. The average molecular weight is 296 g/mol. The molecule has 6 heteroatoms. The van der Waals surface area contributed by atoms with E-state index in [1.807, 2.05) is 0 Å². The smallest absolute Gasteiger partial charge is 0.315 e. The molecule has 0 aromatic carbocycles. The summed E-state index contributed by atoms with van der Waals surface area (Å²) in [7, 11) is 0. The summed E-state index contributed by atoms with van der Waals surface area (Å²) >= 11 is 0. The molecule has 4 fully saturated rings. The summed E-state index contributed by atoms with van der Waals surface area (Å²) in [6.07, 6.45) is -0.364. The van der Waals surface area contributed by atoms with E-state index in [4.69, 9.17) is 9.47 Å². The fraction of sp³-hybridized carbons (Fsp3) is 0.867. The predicted molar refractivity (Wildman–Crippen MR) is 68.9 cm³/mol. The van der Waals surface area contributed by atoms with E-state index >= 15 is 0 Å². The van der Waals surface area contributed by atoms with Gasteiger partial charge in [0.05, 0.1) is 23.5 Å². The molecular weight excluding hydrogens is 276 g/mol. The second-order valence-electron chi connectivity index (χ2n) is 7.73. The molecule has 6 atom stereocenters. The van der Waals surface area contributed by atoms with Crippen molar-refractivity contribution in [1.29, 1.82) is 0 Å². The average Bonchev–Trinajstić information content (AvgIpc) is 2.94. The van der Waals surface area contributed by atoms with Crippen molar-refractivity contribution in [2.24, 2.45) is 16.2 Å². The molecule has 0 radical (unpaired) electrons. The maximum atomic E-state index is 12.3. The SMILES string of the molecule is CC12C(=O)OCC1(C)C1(O)CC[C@]3(C)OC(=O)CC13[C@H]2O. The van der Waals surface area contributed by atoms with Gasteiger partial charge >= 0.3 is 11.9 Å². The molecule has 21 heavy (non-hydrogen) atoms. The van der Waals surface area contributed by atoms with E-state index in [0.717, 1.165) is 0 Å². The van der Waals surface area contributed by atoms with Crippen LogP contribution in [-0.2, 0) is 19.1 Å². The Morgan fingerprint density at radius 1 is 1.19 bits per heavy atom. The van der Waals surface area contributed by atoms with Gasteiger partial charge in [-0.2, -0.15) is 0 Å². The minimum atomic E-state index is -1.36. The summed E-state index contributed by atoms with van der Waals surface area (Å²) in [4.78, 5) is 24.3. The van der Waals surface area contributed by atoms with Crippen LogP contribution in [0, 0.1) is 16.2 Å². The van der Waals surface area contributed by atoms with Crippen molar-refractivity contribution < 1.29 is 29.3 Å². The lowest BCUT2D eigenvalue weighted by molar-refractivity contribution is -0.174. The Morgan fingerprint density at radius 2 is 1.86 bits per heavy atom. The minimum absolute atomic E-state index is 0.0559. The minimum Gasteiger partial charge on any atom is -0.464 e. The van der Waals surface area contributed by atoms with Crippen LogP contribution in [0.5, 0.6) is 0 Å². The van der Waals surface area contributed by atoms with Crippen LogP contribution in [0.4, 0.5) is 0 Å². The lowest BCUT2D eigenvalue weighted by Crippen LogP contribution is -2.58. The third-order valence-corrected chi connectivity index (χ3v) is 7.40. The lowest BCUT2D eigenvalue weighted by Gasteiger charge is -2.45. The monoisotopic (exact) mass is 296 g/mol. The molecule has 2 aliphatic carbocycles. The fourth-order valence-electron chi connectivity index (χ4n) is 5.86. The van der Waals surface area contributed by atoms with Gasteiger partial charge in [0.25, 0.3) is 0 Å². The van der Waals surface area contributed by atoms with Crippen molar-refractivity contribution >= 4 is 11.9 Å². The first-order chi connectivity index (χ1) is 9.59. The van der Waals surface area contributed by atoms with E-state index in [1.165, 1.54) is 0 Å². The summed E-state index contributed by atoms with van der Waals surface area (Å²) < 4.78 is 10.7. The van der Waals surface area contributed by atoms with E-state index in [2.05, 4.69) is 0 Å². The Labute approximate surface area is 122 Å². The molecule has 2 aliphatic heterocycles. The summed E-state index contributed by atoms with van der Waals surface area (Å²) in [5.41, 5.74) is -5.59. The molecule has 0 amide bonds. The maximum Gasteiger partial charge on any atom is 0.315 e. The molecule has 2 saturated heterocycles. The number of carbonyl (C=O) groups is 2. The lowest BCUT2D eigenvalue weighted by atomic mass is 9.61. The second-order valence-corrected chi connectivity index (χ2v) is 7.73. The van der Waals surface area contributed by atoms with Crippen molar-refractivity contribution in [3.05, 3.63) is 0 Å². The Kier molecular flexibility index (Phi) is 2.01. The Hall–Kier alpha value is -1.14. The molecule has 1 spiro atoms. The molecule has 0 bridgehead atoms. The number of ether oxygens (including phenoxy) is 2. The van der Waals surface area contributed by atoms with Gasteiger partial charge < -0.3 is 19.7 Å². The number of fused-ring (bicyclic) bond motifs is 2. The zero-order valence-corrected chi connectivity index (χ0v) is 12.4. The Morgan fingerprint density at radius 3 is 2.52 bits per heavy atom. The molecule has 2 saturated carbocycles. The fourth-order valence-corrected chi connectivity index (χ4v) is 5.86. The highest BCUT2D eigenvalue weighted by Gasteiger charge is 2.91. The van der Waals surface area contributed by atoms with Crippen molar-refractivity contribution in [2.45, 2.75) is 57.3 Å². The second kappa shape index (κ2) is 3.13. The number of cyclic esters (lactones) is 1. The van der Waals surface area contributed by atoms with E-state index in [1.54, 1.807) is 20.8 Å². The number of hydrogen-bond acceptors (Lipinski definition) is 6. The van der Waals surface area contributed by atoms with Crippen LogP contribution < -0.4 is 0 Å². The van der Waals surface area contributed by atoms with Crippen LogP contribution in [-0.4, -0.2) is 46.1 Å². The van der Waals surface area contributed by atoms with Gasteiger partial charge in [-0.3, -0.25) is 9.59 Å². The third kappa shape index (κ3) is 0.932. The van der Waals surface area contributed by atoms with Crippen LogP contribution in [0.25, 0.3) is 0 Å². The van der Waals surface area contributed by atoms with E-state index in [0.29, 0.717) is 12.8 Å². The van der Waals surface area contributed by atoms with Crippen molar-refractivity contribution in [3.8, 4) is 0 Å². The van der Waals surface area contributed by atoms with E-state index < -0.39 is 45.5 Å². The number of aliphatic hydroxyl groups excluding tert-OH is 1. The highest BCUT2D eigenvalue weighted by molar-refractivity contribution is 5.84. The topological polar surface area (TPSA) is 93.1 Å². The number of carbonyl (C=O) groups excluding carboxylic acids is 2. The van der Waals surface area contributed by atoms with Crippen molar-refractivity contribution in [1.82, 2.24) is 0 Å². The van der Waals surface area contributed by atoms with E-state index in [9.17, 15) is 19.8 Å². The van der Waals surface area contributed by atoms with Gasteiger partial charge in [0.2, 0.25) is 0 Å². The third-order valence-electron chi connectivity index (χ3n) is 7.40. The molecule has 6 nitrogen and oxygen atoms in total. The van der Waals surface area contributed by atoms with E-state index in [-0.39, 0.29) is 13.0 Å². The van der Waals surface area contributed by atoms with Gasteiger partial charge in [-0.25, -0.2) is 0 Å². The van der Waals surface area contributed by atoms with Gasteiger partial charge in [-0.1, -0.05) is 6.92 Å². The van der Waals surface area contributed by atoms with Crippen LogP contribution in [0.15, 0.2) is 0 Å². The zero-order valence-electron chi connectivity index (χ0n) is 12.4. The van der Waals surface area contributed by atoms with Gasteiger partial charge in [0.15, 0.2) is 0 Å². The number of hydrogen-bond donors (Lipinski definition) is 2. The maximum absolute atomic E-state index is 12.3. The van der Waals surface area contributed by atoms with Crippen molar-refractivity contribution in [3.63, 3.8) is 0 Å². The summed E-state index contributed by atoms with van der Waals surface area (Å²) in [5, 5.41) is 22.6. The van der Waals surface area contributed by atoms with Gasteiger partial charge in [-0.05, 0) is 26.7 Å². The Balaban J connectivity index is 2.03. The summed E-state index contributed by atoms with van der Waals surface area (Å²) in [6, 6.07) is 0. The molecule has 4 aliphatic rings. The molecule has 2 heterocycles. The normalized spacial score (nSPS) is 61.3. The molecule has 0 aromatic rings. The molecule has 2 N–H and O–H groups in total. The highest BCUT2D eigenvalue weighted by Crippen LogP contribution is 2.78. The first-order valence-corrected chi connectivity index (χ1v) is 7.39. The molecule has 116 valence electrons. The van der Waals surface area contributed by atoms with Gasteiger partial charge in [0.1, 0.15) is 17.6 Å². The van der Waals surface area contributed by atoms with Crippen LogP contribution in [0.2, 0.25) is 0 Å². The van der Waals surface area contributed by atoms with Gasteiger partial charge in [-0.15, -0.1) is 0 Å². The van der Waals surface area contributed by atoms with Crippen LogP contribution >= 0.6 is 0 Å². The highest BCUT2D eigenvalue weighted by atomic mass is 16.6. The van der Waals surface area contributed by atoms with Crippen LogP contribution in [0.1, 0.15) is 40.0 Å². The standard InChI is InChI=1S/C15H20O6/c1-11-7-20-10(18)13(11,3)9(17)14-6-8(16)21-12(14,2)4-5-15(11,14)19/h9,17,19H,4-7H2,1-3H3/t9-,11?,12-,13?,14?,15?/m0/s1. The molecule has 4 rings (SSSR count). The zero-order chi connectivity index (χ0) is 15.5.